The molecule has 1 heterocycles. The number of amides is 1. The van der Waals surface area contributed by atoms with Crippen LogP contribution in [-0.4, -0.2) is 49.6 Å². The number of carbonyl (C=O) groups is 1. The minimum atomic E-state index is -3.12. The van der Waals surface area contributed by atoms with Crippen molar-refractivity contribution in [2.45, 2.75) is 18.6 Å². The summed E-state index contributed by atoms with van der Waals surface area (Å²) in [5.41, 5.74) is 4.91. The second-order valence-electron chi connectivity index (χ2n) is 3.42. The van der Waals surface area contributed by atoms with Crippen LogP contribution in [0.1, 0.15) is 6.42 Å². The molecule has 2 atom stereocenters. The molecule has 0 saturated carbocycles. The second-order valence-corrected chi connectivity index (χ2v) is 5.57. The number of hydrogen-bond acceptors (Lipinski definition) is 5. The molecular formula is C7H14N2O4S. The van der Waals surface area contributed by atoms with Crippen molar-refractivity contribution >= 4 is 15.7 Å². The third kappa shape index (κ3) is 3.24. The highest BCUT2D eigenvalue weighted by molar-refractivity contribution is 7.91. The van der Waals surface area contributed by atoms with E-state index in [1.165, 1.54) is 0 Å². The number of carbonyl (C=O) groups excluding carboxylic acids is 1. The van der Waals surface area contributed by atoms with Gasteiger partial charge in [0.2, 0.25) is 5.91 Å². The Labute approximate surface area is 82.4 Å². The van der Waals surface area contributed by atoms with E-state index in [2.05, 4.69) is 5.32 Å². The summed E-state index contributed by atoms with van der Waals surface area (Å²) < 4.78 is 22.1. The molecule has 0 aliphatic carbocycles. The van der Waals surface area contributed by atoms with Gasteiger partial charge in [-0.2, -0.15) is 0 Å². The van der Waals surface area contributed by atoms with E-state index in [1.54, 1.807) is 0 Å². The number of sulfone groups is 1. The number of nitrogens with one attached hydrogen (secondary N) is 1. The van der Waals surface area contributed by atoms with Gasteiger partial charge in [0.05, 0.1) is 17.6 Å². The van der Waals surface area contributed by atoms with Gasteiger partial charge in [-0.1, -0.05) is 0 Å². The highest BCUT2D eigenvalue weighted by Gasteiger charge is 2.35. The molecule has 0 aromatic carbocycles. The van der Waals surface area contributed by atoms with Gasteiger partial charge >= 0.3 is 0 Å². The maximum atomic E-state index is 11.1. The average molecular weight is 222 g/mol. The van der Waals surface area contributed by atoms with Crippen LogP contribution in [0.2, 0.25) is 0 Å². The van der Waals surface area contributed by atoms with Crippen LogP contribution in [0, 0.1) is 0 Å². The van der Waals surface area contributed by atoms with Crippen LogP contribution in [0.15, 0.2) is 0 Å². The molecule has 14 heavy (non-hydrogen) atoms. The van der Waals surface area contributed by atoms with Gasteiger partial charge in [0.25, 0.3) is 0 Å². The molecule has 7 heteroatoms. The van der Waals surface area contributed by atoms with Gasteiger partial charge in [0, 0.05) is 19.0 Å². The number of nitrogens with two attached hydrogens (primary N) is 1. The standard InChI is InChI=1S/C7H14N2O4S/c8-7(11)1-2-9-5-3-14(12,13)4-6(5)10/h5-6,9-10H,1-4H2,(H2,8,11). The van der Waals surface area contributed by atoms with Crippen molar-refractivity contribution in [3.8, 4) is 0 Å². The molecule has 4 N–H and O–H groups in total. The fourth-order valence-electron chi connectivity index (χ4n) is 1.40. The molecule has 0 spiro atoms. The Morgan fingerprint density at radius 3 is 2.57 bits per heavy atom. The van der Waals surface area contributed by atoms with Gasteiger partial charge in [-0.3, -0.25) is 4.79 Å². The third-order valence-corrected chi connectivity index (χ3v) is 3.82. The van der Waals surface area contributed by atoms with E-state index in [9.17, 15) is 18.3 Å². The zero-order valence-corrected chi connectivity index (χ0v) is 8.46. The van der Waals surface area contributed by atoms with Crippen molar-refractivity contribution in [2.75, 3.05) is 18.1 Å². The number of primary amides is 1. The summed E-state index contributed by atoms with van der Waals surface area (Å²) in [6.45, 7) is 0.298. The molecule has 1 amide bonds. The van der Waals surface area contributed by atoms with E-state index < -0.39 is 27.9 Å². The van der Waals surface area contributed by atoms with Crippen LogP contribution in [0.3, 0.4) is 0 Å². The van der Waals surface area contributed by atoms with Crippen molar-refractivity contribution in [2.24, 2.45) is 5.73 Å². The largest absolute Gasteiger partial charge is 0.390 e. The average Bonchev–Trinajstić information content (AvgIpc) is 2.24. The van der Waals surface area contributed by atoms with Crippen molar-refractivity contribution in [3.05, 3.63) is 0 Å². The van der Waals surface area contributed by atoms with Gasteiger partial charge in [-0.25, -0.2) is 8.42 Å². The molecule has 0 radical (unpaired) electrons. The molecule has 1 aliphatic heterocycles. The number of aliphatic hydroxyl groups excluding tert-OH is 1. The van der Waals surface area contributed by atoms with E-state index >= 15 is 0 Å². The van der Waals surface area contributed by atoms with E-state index in [0.29, 0.717) is 6.54 Å². The zero-order valence-electron chi connectivity index (χ0n) is 7.64. The lowest BCUT2D eigenvalue weighted by Crippen LogP contribution is -2.40. The van der Waals surface area contributed by atoms with E-state index in [0.717, 1.165) is 0 Å². The topological polar surface area (TPSA) is 109 Å². The second kappa shape index (κ2) is 4.24. The Morgan fingerprint density at radius 2 is 2.14 bits per heavy atom. The molecule has 1 fully saturated rings. The first-order valence-electron chi connectivity index (χ1n) is 4.31. The van der Waals surface area contributed by atoms with Crippen LogP contribution >= 0.6 is 0 Å². The number of hydrogen-bond donors (Lipinski definition) is 3. The zero-order chi connectivity index (χ0) is 10.8. The normalized spacial score (nSPS) is 30.4. The first-order valence-corrected chi connectivity index (χ1v) is 6.13. The Kier molecular flexibility index (Phi) is 3.46. The third-order valence-electron chi connectivity index (χ3n) is 2.10. The monoisotopic (exact) mass is 222 g/mol. The fraction of sp³-hybridized carbons (Fsp3) is 0.857. The predicted octanol–water partition coefficient (Wildman–Crippen LogP) is -2.39. The Hall–Kier alpha value is -0.660. The summed E-state index contributed by atoms with van der Waals surface area (Å²) >= 11 is 0. The fourth-order valence-corrected chi connectivity index (χ4v) is 3.18. The van der Waals surface area contributed by atoms with Crippen molar-refractivity contribution in [1.29, 1.82) is 0 Å². The molecule has 6 nitrogen and oxygen atoms in total. The number of aliphatic hydroxyl groups is 1. The van der Waals surface area contributed by atoms with Crippen LogP contribution in [0.25, 0.3) is 0 Å². The Balaban J connectivity index is 2.36. The maximum absolute atomic E-state index is 11.1. The van der Waals surface area contributed by atoms with Crippen molar-refractivity contribution in [3.63, 3.8) is 0 Å². The van der Waals surface area contributed by atoms with Crippen LogP contribution in [0.4, 0.5) is 0 Å². The lowest BCUT2D eigenvalue weighted by atomic mass is 10.2. The van der Waals surface area contributed by atoms with E-state index in [-0.39, 0.29) is 17.9 Å². The molecular weight excluding hydrogens is 208 g/mol. The minimum Gasteiger partial charge on any atom is -0.390 e. The Morgan fingerprint density at radius 1 is 1.50 bits per heavy atom. The van der Waals surface area contributed by atoms with Gasteiger partial charge in [0.1, 0.15) is 0 Å². The van der Waals surface area contributed by atoms with Crippen molar-refractivity contribution in [1.82, 2.24) is 5.32 Å². The summed E-state index contributed by atoms with van der Waals surface area (Å²) in [4.78, 5) is 10.4. The molecule has 1 saturated heterocycles. The maximum Gasteiger partial charge on any atom is 0.218 e. The number of rotatable bonds is 4. The van der Waals surface area contributed by atoms with Gasteiger partial charge in [0.15, 0.2) is 9.84 Å². The highest BCUT2D eigenvalue weighted by atomic mass is 32.2. The molecule has 0 bridgehead atoms. The van der Waals surface area contributed by atoms with Crippen LogP contribution < -0.4 is 11.1 Å². The molecule has 0 aromatic rings. The first-order chi connectivity index (χ1) is 6.41. The molecule has 0 aromatic heterocycles. The molecule has 1 rings (SSSR count). The highest BCUT2D eigenvalue weighted by Crippen LogP contribution is 2.12. The summed E-state index contributed by atoms with van der Waals surface area (Å²) in [6.07, 6.45) is -0.739. The van der Waals surface area contributed by atoms with E-state index in [1.807, 2.05) is 0 Å². The van der Waals surface area contributed by atoms with Crippen molar-refractivity contribution < 1.29 is 18.3 Å². The minimum absolute atomic E-state index is 0.0765. The summed E-state index contributed by atoms with van der Waals surface area (Å²) in [6, 6.07) is -0.473. The smallest absolute Gasteiger partial charge is 0.218 e. The summed E-state index contributed by atoms with van der Waals surface area (Å²) in [7, 11) is -3.12. The molecule has 1 aliphatic rings. The van der Waals surface area contributed by atoms with Crippen LogP contribution in [0.5, 0.6) is 0 Å². The quantitative estimate of drug-likeness (QED) is 0.491. The molecule has 2 unspecified atom stereocenters. The summed E-state index contributed by atoms with van der Waals surface area (Å²) in [5, 5.41) is 12.1. The van der Waals surface area contributed by atoms with Crippen LogP contribution in [-0.2, 0) is 14.6 Å². The predicted molar refractivity (Wildman–Crippen MR) is 50.3 cm³/mol. The van der Waals surface area contributed by atoms with Gasteiger partial charge in [-0.15, -0.1) is 0 Å². The van der Waals surface area contributed by atoms with E-state index in [4.69, 9.17) is 5.73 Å². The lowest BCUT2D eigenvalue weighted by molar-refractivity contribution is -0.117. The summed E-state index contributed by atoms with van der Waals surface area (Å²) in [5.74, 6) is -0.735. The SMILES string of the molecule is NC(=O)CCNC1CS(=O)(=O)CC1O. The van der Waals surface area contributed by atoms with Gasteiger partial charge < -0.3 is 16.2 Å². The van der Waals surface area contributed by atoms with Gasteiger partial charge in [-0.05, 0) is 0 Å². The Bertz CT molecular complexity index is 314. The molecule has 82 valence electrons. The lowest BCUT2D eigenvalue weighted by Gasteiger charge is -2.13. The first kappa shape index (κ1) is 11.4.